The average Bonchev–Trinajstić information content (AvgIpc) is 2.94. The Hall–Kier alpha value is -1.49. The number of carbonyl (C=O) groups excluding carboxylic acids is 1. The Labute approximate surface area is 169 Å². The predicted octanol–water partition coefficient (Wildman–Crippen LogP) is 3.82. The number of aliphatic hydroxyl groups excluding tert-OH is 3. The number of allylic oxidation sites excluding steroid dienone is 2. The molecule has 1 aliphatic rings. The maximum atomic E-state index is 11.0. The van der Waals surface area contributed by atoms with Crippen molar-refractivity contribution in [3.8, 4) is 0 Å². The zero-order chi connectivity index (χ0) is 20.4. The Balaban J connectivity index is 1.74. The van der Waals surface area contributed by atoms with E-state index in [9.17, 15) is 20.1 Å². The van der Waals surface area contributed by atoms with Crippen LogP contribution < -0.4 is 0 Å². The summed E-state index contributed by atoms with van der Waals surface area (Å²) in [6.45, 7) is 1.61. The van der Waals surface area contributed by atoms with Crippen LogP contribution >= 0.6 is 0 Å². The summed E-state index contributed by atoms with van der Waals surface area (Å²) in [5.74, 6) is 0.289. The fraction of sp³-hybridized carbons (Fsp3) is 0.625. The van der Waals surface area contributed by atoms with E-state index in [2.05, 4.69) is 24.3 Å². The third-order valence-corrected chi connectivity index (χ3v) is 5.94. The summed E-state index contributed by atoms with van der Waals surface area (Å²) in [6, 6.07) is 10.2. The van der Waals surface area contributed by atoms with Gasteiger partial charge in [0.25, 0.3) is 0 Å². The molecule has 1 saturated carbocycles. The lowest BCUT2D eigenvalue weighted by molar-refractivity contribution is -0.117. The van der Waals surface area contributed by atoms with E-state index in [1.54, 1.807) is 6.92 Å². The van der Waals surface area contributed by atoms with Crippen molar-refractivity contribution in [2.75, 3.05) is 0 Å². The van der Waals surface area contributed by atoms with Crippen molar-refractivity contribution in [3.05, 3.63) is 48.0 Å². The lowest BCUT2D eigenvalue weighted by atomic mass is 9.85. The SMILES string of the molecule is CC(=O)CCC/C=C/CC1C(O)CC(O)C1CCC(O)CCc1ccccc1. The zero-order valence-electron chi connectivity index (χ0n) is 17.0. The molecule has 5 unspecified atom stereocenters. The molecule has 4 heteroatoms. The minimum absolute atomic E-state index is 0.0308. The van der Waals surface area contributed by atoms with Gasteiger partial charge in [-0.25, -0.2) is 0 Å². The van der Waals surface area contributed by atoms with E-state index in [0.29, 0.717) is 19.3 Å². The lowest BCUT2D eigenvalue weighted by Crippen LogP contribution is -2.23. The van der Waals surface area contributed by atoms with Crippen molar-refractivity contribution in [2.24, 2.45) is 11.8 Å². The van der Waals surface area contributed by atoms with Gasteiger partial charge in [-0.15, -0.1) is 0 Å². The van der Waals surface area contributed by atoms with Crippen LogP contribution in [0.3, 0.4) is 0 Å². The highest BCUT2D eigenvalue weighted by atomic mass is 16.3. The number of hydrogen-bond acceptors (Lipinski definition) is 4. The first-order valence-corrected chi connectivity index (χ1v) is 10.7. The predicted molar refractivity (Wildman–Crippen MR) is 112 cm³/mol. The van der Waals surface area contributed by atoms with Crippen LogP contribution in [0.5, 0.6) is 0 Å². The number of hydrogen-bond donors (Lipinski definition) is 3. The van der Waals surface area contributed by atoms with Crippen LogP contribution in [0.25, 0.3) is 0 Å². The van der Waals surface area contributed by atoms with Gasteiger partial charge in [0.2, 0.25) is 0 Å². The number of ketones is 1. The van der Waals surface area contributed by atoms with Crippen molar-refractivity contribution >= 4 is 5.78 Å². The van der Waals surface area contributed by atoms with Gasteiger partial charge >= 0.3 is 0 Å². The van der Waals surface area contributed by atoms with E-state index in [0.717, 1.165) is 38.5 Å². The first-order chi connectivity index (χ1) is 13.5. The Morgan fingerprint density at radius 3 is 2.54 bits per heavy atom. The van der Waals surface area contributed by atoms with Gasteiger partial charge in [-0.2, -0.15) is 0 Å². The molecule has 0 aliphatic heterocycles. The second-order valence-electron chi connectivity index (χ2n) is 8.25. The molecule has 0 spiro atoms. The third kappa shape index (κ3) is 7.86. The summed E-state index contributed by atoms with van der Waals surface area (Å²) in [6.07, 6.45) is 9.25. The van der Waals surface area contributed by atoms with Crippen molar-refractivity contribution in [1.82, 2.24) is 0 Å². The molecule has 2 rings (SSSR count). The van der Waals surface area contributed by atoms with Crippen LogP contribution in [0.4, 0.5) is 0 Å². The van der Waals surface area contributed by atoms with E-state index in [-0.39, 0.29) is 23.7 Å². The number of aliphatic hydroxyl groups is 3. The van der Waals surface area contributed by atoms with Crippen LogP contribution in [0.15, 0.2) is 42.5 Å². The largest absolute Gasteiger partial charge is 0.393 e. The summed E-state index contributed by atoms with van der Waals surface area (Å²) >= 11 is 0. The lowest BCUT2D eigenvalue weighted by Gasteiger charge is -2.23. The van der Waals surface area contributed by atoms with Crippen LogP contribution in [-0.4, -0.2) is 39.4 Å². The van der Waals surface area contributed by atoms with E-state index in [1.807, 2.05) is 18.2 Å². The monoisotopic (exact) mass is 388 g/mol. The highest BCUT2D eigenvalue weighted by Gasteiger charge is 2.40. The minimum atomic E-state index is -0.493. The molecule has 156 valence electrons. The van der Waals surface area contributed by atoms with E-state index < -0.39 is 12.2 Å². The molecule has 28 heavy (non-hydrogen) atoms. The van der Waals surface area contributed by atoms with Gasteiger partial charge in [0.05, 0.1) is 18.3 Å². The molecule has 4 nitrogen and oxygen atoms in total. The van der Waals surface area contributed by atoms with Gasteiger partial charge in [-0.1, -0.05) is 42.5 Å². The first kappa shape index (κ1) is 22.8. The molecule has 0 radical (unpaired) electrons. The molecule has 1 aromatic carbocycles. The number of benzene rings is 1. The van der Waals surface area contributed by atoms with Crippen molar-refractivity contribution in [2.45, 2.75) is 83.0 Å². The van der Waals surface area contributed by atoms with Gasteiger partial charge < -0.3 is 20.1 Å². The summed E-state index contributed by atoms with van der Waals surface area (Å²) in [5.41, 5.74) is 1.23. The third-order valence-electron chi connectivity index (χ3n) is 5.94. The summed E-state index contributed by atoms with van der Waals surface area (Å²) in [7, 11) is 0. The highest BCUT2D eigenvalue weighted by molar-refractivity contribution is 5.75. The van der Waals surface area contributed by atoms with E-state index >= 15 is 0 Å². The van der Waals surface area contributed by atoms with E-state index in [1.165, 1.54) is 5.56 Å². The molecular weight excluding hydrogens is 352 g/mol. The number of aryl methyl sites for hydroxylation is 1. The first-order valence-electron chi connectivity index (χ1n) is 10.7. The fourth-order valence-corrected chi connectivity index (χ4v) is 4.25. The molecule has 0 heterocycles. The van der Waals surface area contributed by atoms with Crippen LogP contribution in [0.1, 0.15) is 63.9 Å². The van der Waals surface area contributed by atoms with Crippen molar-refractivity contribution in [3.63, 3.8) is 0 Å². The van der Waals surface area contributed by atoms with Crippen LogP contribution in [-0.2, 0) is 11.2 Å². The molecule has 0 bridgehead atoms. The molecular formula is C24H36O4. The molecule has 0 aromatic heterocycles. The molecule has 1 aromatic rings. The second-order valence-corrected chi connectivity index (χ2v) is 8.25. The minimum Gasteiger partial charge on any atom is -0.393 e. The molecule has 3 N–H and O–H groups in total. The van der Waals surface area contributed by atoms with E-state index in [4.69, 9.17) is 0 Å². The van der Waals surface area contributed by atoms with Gasteiger partial charge in [-0.3, -0.25) is 0 Å². The smallest absolute Gasteiger partial charge is 0.129 e. The Morgan fingerprint density at radius 1 is 1.11 bits per heavy atom. The molecule has 5 atom stereocenters. The number of unbranched alkanes of at least 4 members (excludes halogenated alkanes) is 1. The Morgan fingerprint density at radius 2 is 1.82 bits per heavy atom. The fourth-order valence-electron chi connectivity index (χ4n) is 4.25. The standard InChI is InChI=1S/C24H36O4/c1-18(25)9-5-2-3-8-12-21-22(24(28)17-23(21)27)16-15-20(26)14-13-19-10-6-4-7-11-19/h3-4,6-8,10-11,20-24,26-28H,2,5,9,12-17H2,1H3/b8-3+. The molecule has 1 fully saturated rings. The topological polar surface area (TPSA) is 77.8 Å². The Bertz CT molecular complexity index is 598. The van der Waals surface area contributed by atoms with Gasteiger partial charge in [0.1, 0.15) is 5.78 Å². The van der Waals surface area contributed by atoms with Crippen LogP contribution in [0, 0.1) is 11.8 Å². The van der Waals surface area contributed by atoms with Crippen LogP contribution in [0.2, 0.25) is 0 Å². The maximum Gasteiger partial charge on any atom is 0.129 e. The molecule has 1 aliphatic carbocycles. The molecule has 0 saturated heterocycles. The van der Waals surface area contributed by atoms with Crippen molar-refractivity contribution in [1.29, 1.82) is 0 Å². The van der Waals surface area contributed by atoms with Gasteiger partial charge in [-0.05, 0) is 75.7 Å². The maximum absolute atomic E-state index is 11.0. The summed E-state index contributed by atoms with van der Waals surface area (Å²) < 4.78 is 0. The normalized spacial score (nSPS) is 26.0. The number of carbonyl (C=O) groups is 1. The zero-order valence-corrected chi connectivity index (χ0v) is 17.0. The van der Waals surface area contributed by atoms with Gasteiger partial charge in [0.15, 0.2) is 0 Å². The summed E-state index contributed by atoms with van der Waals surface area (Å²) in [4.78, 5) is 11.0. The molecule has 0 amide bonds. The van der Waals surface area contributed by atoms with Gasteiger partial charge in [0, 0.05) is 6.42 Å². The average molecular weight is 389 g/mol. The second kappa shape index (κ2) is 12.2. The highest BCUT2D eigenvalue weighted by Crippen LogP contribution is 2.38. The Kier molecular flexibility index (Phi) is 9.89. The number of rotatable bonds is 12. The summed E-state index contributed by atoms with van der Waals surface area (Å²) in [5, 5.41) is 31.0. The van der Waals surface area contributed by atoms with Crippen molar-refractivity contribution < 1.29 is 20.1 Å². The quantitative estimate of drug-likeness (QED) is 0.376. The number of Topliss-reactive ketones (excluding diaryl/α,β-unsaturated/α-hetero) is 1.